The summed E-state index contributed by atoms with van der Waals surface area (Å²) < 4.78 is 0. The number of carboxylic acids is 1. The lowest BCUT2D eigenvalue weighted by atomic mass is 9.96. The van der Waals surface area contributed by atoms with Crippen molar-refractivity contribution in [3.63, 3.8) is 0 Å². The minimum absolute atomic E-state index is 0.0205. The van der Waals surface area contributed by atoms with Gasteiger partial charge in [0.05, 0.1) is 6.04 Å². The number of nitrogens with two attached hydrogens (primary N) is 9. The fourth-order valence-electron chi connectivity index (χ4n) is 10.2. The summed E-state index contributed by atoms with van der Waals surface area (Å²) in [6.07, 6.45) is 2.17. The van der Waals surface area contributed by atoms with Crippen LogP contribution in [0.2, 0.25) is 0 Å². The normalized spacial score (nSPS) is 15.4. The number of carbonyl (C=O) groups is 10. The third-order valence-electron chi connectivity index (χ3n) is 15.4. The number of carboxylic acid groups (broad SMARTS) is 1. The number of hydrogen-bond acceptors (Lipinski definition) is 15. The number of guanidine groups is 4. The Morgan fingerprint density at radius 1 is 0.511 bits per heavy atom. The van der Waals surface area contributed by atoms with E-state index in [1.165, 1.54) is 0 Å². The van der Waals surface area contributed by atoms with Crippen molar-refractivity contribution in [3.8, 4) is 0 Å². The van der Waals surface area contributed by atoms with E-state index in [0.717, 1.165) is 17.3 Å². The zero-order valence-electron chi connectivity index (χ0n) is 53.2. The molecule has 34 nitrogen and oxygen atoms in total. The number of primary amides is 1. The summed E-state index contributed by atoms with van der Waals surface area (Å²) >= 11 is 0. The van der Waals surface area contributed by atoms with Crippen molar-refractivity contribution >= 4 is 93.9 Å². The molecule has 1 aromatic heterocycles. The number of nitrogens with one attached hydrogen (secondary N) is 10. The van der Waals surface area contributed by atoms with E-state index in [2.05, 4.69) is 72.8 Å². The quantitative estimate of drug-likeness (QED) is 0.0144. The van der Waals surface area contributed by atoms with Crippen molar-refractivity contribution in [3.05, 3.63) is 71.9 Å². The van der Waals surface area contributed by atoms with Gasteiger partial charge in [-0.25, -0.2) is 4.79 Å². The van der Waals surface area contributed by atoms with Crippen molar-refractivity contribution in [2.45, 2.75) is 165 Å². The molecule has 2 heterocycles. The van der Waals surface area contributed by atoms with Gasteiger partial charge in [-0.3, -0.25) is 63.1 Å². The van der Waals surface area contributed by atoms with Crippen LogP contribution in [0.4, 0.5) is 0 Å². The first-order chi connectivity index (χ1) is 44.8. The van der Waals surface area contributed by atoms with E-state index in [4.69, 9.17) is 51.6 Å². The molecule has 0 radical (unpaired) electrons. The number of para-hydroxylation sites is 1. The Kier molecular flexibility index (Phi) is 32.3. The van der Waals surface area contributed by atoms with Gasteiger partial charge in [0.2, 0.25) is 53.2 Å². The Labute approximate surface area is 544 Å². The number of aromatic nitrogens is 1. The fraction of sp³-hybridized carbons (Fsp3) is 0.533. The van der Waals surface area contributed by atoms with Crippen LogP contribution in [0.15, 0.2) is 80.8 Å². The average molecular weight is 1310 g/mol. The average Bonchev–Trinajstić information content (AvgIpc) is 1.63. The monoisotopic (exact) mass is 1310 g/mol. The van der Waals surface area contributed by atoms with Crippen LogP contribution in [-0.4, -0.2) is 180 Å². The second kappa shape index (κ2) is 39.9. The van der Waals surface area contributed by atoms with Crippen LogP contribution in [0.1, 0.15) is 108 Å². The zero-order chi connectivity index (χ0) is 69.3. The SMILES string of the molecule is CC[C@H](C)[C@H](NC(=O)[C@H](CCCN=C(N)N)NC(=O)[C@H](CCC(N)=O)NC(=O)[C@H](CCCN=C(N)N)NC(=O)[C@H](Cc1c[nH]c2ccccc12)NC(=O)[C@H](Cc1ccccc1)NC(=O)[C@@H]1CCCN1)C(=O)N[C@@H](CCCN=C(N)N)C(=O)N[C@@H](CCCN=C(N)N)C(=O)O. The number of fused-ring (bicyclic) bond motifs is 1. The first kappa shape index (κ1) is 76.2. The summed E-state index contributed by atoms with van der Waals surface area (Å²) in [4.78, 5) is 159. The van der Waals surface area contributed by atoms with E-state index < -0.39 is 132 Å². The molecular weight excluding hydrogens is 1220 g/mol. The largest absolute Gasteiger partial charge is 0.480 e. The van der Waals surface area contributed by atoms with Gasteiger partial charge in [-0.05, 0) is 100 Å². The summed E-state index contributed by atoms with van der Waals surface area (Å²) in [7, 11) is 0. The Balaban J connectivity index is 1.69. The number of aliphatic carboxylic acids is 1. The molecule has 4 rings (SSSR count). The summed E-state index contributed by atoms with van der Waals surface area (Å²) in [5.41, 5.74) is 51.9. The maximum absolute atomic E-state index is 15.0. The third kappa shape index (κ3) is 27.3. The first-order valence-electron chi connectivity index (χ1n) is 31.2. The summed E-state index contributed by atoms with van der Waals surface area (Å²) in [6, 6.07) is 4.22. The Morgan fingerprint density at radius 3 is 1.38 bits per heavy atom. The summed E-state index contributed by atoms with van der Waals surface area (Å²) in [5.74, 6) is -10.5. The molecule has 94 heavy (non-hydrogen) atoms. The van der Waals surface area contributed by atoms with Crippen LogP contribution in [0, 0.1) is 5.92 Å². The predicted molar refractivity (Wildman–Crippen MR) is 354 cm³/mol. The molecule has 0 aliphatic carbocycles. The lowest BCUT2D eigenvalue weighted by Crippen LogP contribution is -2.61. The number of nitrogens with zero attached hydrogens (tertiary/aromatic N) is 4. The molecule has 0 saturated carbocycles. The number of benzene rings is 2. The highest BCUT2D eigenvalue weighted by atomic mass is 16.4. The summed E-state index contributed by atoms with van der Waals surface area (Å²) in [6.45, 7) is 4.02. The van der Waals surface area contributed by atoms with Gasteiger partial charge in [-0.1, -0.05) is 68.8 Å². The molecule has 9 amide bonds. The van der Waals surface area contributed by atoms with E-state index in [9.17, 15) is 53.1 Å². The van der Waals surface area contributed by atoms with E-state index in [0.29, 0.717) is 24.1 Å². The highest BCUT2D eigenvalue weighted by Crippen LogP contribution is 2.21. The van der Waals surface area contributed by atoms with Gasteiger partial charge >= 0.3 is 5.97 Å². The molecule has 1 fully saturated rings. The zero-order valence-corrected chi connectivity index (χ0v) is 53.2. The van der Waals surface area contributed by atoms with Crippen LogP contribution >= 0.6 is 0 Å². The van der Waals surface area contributed by atoms with Crippen LogP contribution < -0.4 is 99.5 Å². The van der Waals surface area contributed by atoms with Crippen molar-refractivity contribution in [2.75, 3.05) is 32.7 Å². The van der Waals surface area contributed by atoms with E-state index in [1.54, 1.807) is 56.4 Å². The molecule has 0 bridgehead atoms. The number of H-pyrrole nitrogens is 1. The lowest BCUT2D eigenvalue weighted by molar-refractivity contribution is -0.142. The van der Waals surface area contributed by atoms with Gasteiger partial charge in [-0.15, -0.1) is 0 Å². The molecule has 2 aromatic carbocycles. The lowest BCUT2D eigenvalue weighted by Gasteiger charge is -2.29. The number of hydrogen-bond donors (Lipinski definition) is 20. The van der Waals surface area contributed by atoms with Crippen LogP contribution in [-0.2, 0) is 60.8 Å². The molecule has 1 aliphatic heterocycles. The third-order valence-corrected chi connectivity index (χ3v) is 15.4. The molecule has 10 atom stereocenters. The molecule has 1 aliphatic rings. The maximum Gasteiger partial charge on any atom is 0.326 e. The van der Waals surface area contributed by atoms with Crippen LogP contribution in [0.3, 0.4) is 0 Å². The molecular formula is C60H95N23O11. The van der Waals surface area contributed by atoms with Gasteiger partial charge in [0.15, 0.2) is 23.8 Å². The highest BCUT2D eigenvalue weighted by molar-refractivity contribution is 5.99. The van der Waals surface area contributed by atoms with Crippen LogP contribution in [0.5, 0.6) is 0 Å². The number of rotatable bonds is 42. The number of carbonyl (C=O) groups excluding carboxylic acids is 9. The van der Waals surface area contributed by atoms with Crippen molar-refractivity contribution in [2.24, 2.45) is 77.5 Å². The minimum Gasteiger partial charge on any atom is -0.480 e. The van der Waals surface area contributed by atoms with Crippen LogP contribution in [0.25, 0.3) is 10.9 Å². The predicted octanol–water partition coefficient (Wildman–Crippen LogP) is -4.81. The van der Waals surface area contributed by atoms with Crippen molar-refractivity contribution < 1.29 is 53.1 Å². The van der Waals surface area contributed by atoms with Crippen molar-refractivity contribution in [1.29, 1.82) is 0 Å². The minimum atomic E-state index is -1.64. The number of aromatic amines is 1. The smallest absolute Gasteiger partial charge is 0.326 e. The second-order valence-corrected chi connectivity index (χ2v) is 22.8. The maximum atomic E-state index is 15.0. The molecule has 34 heteroatoms. The first-order valence-corrected chi connectivity index (χ1v) is 31.2. The number of aliphatic imine (C=N–C) groups is 4. The molecule has 516 valence electrons. The molecule has 0 unspecified atom stereocenters. The second-order valence-electron chi connectivity index (χ2n) is 22.8. The molecule has 1 saturated heterocycles. The van der Waals surface area contributed by atoms with Gasteiger partial charge in [-0.2, -0.15) is 0 Å². The number of amides is 9. The molecule has 29 N–H and O–H groups in total. The van der Waals surface area contributed by atoms with Crippen molar-refractivity contribution in [1.82, 2.24) is 52.8 Å². The van der Waals surface area contributed by atoms with E-state index >= 15 is 0 Å². The molecule has 0 spiro atoms. The van der Waals surface area contributed by atoms with Gasteiger partial charge in [0, 0.05) is 62.5 Å². The highest BCUT2D eigenvalue weighted by Gasteiger charge is 2.37. The van der Waals surface area contributed by atoms with Gasteiger partial charge in [0.1, 0.15) is 48.3 Å². The summed E-state index contributed by atoms with van der Waals surface area (Å²) in [5, 5.41) is 35.3. The fourth-order valence-corrected chi connectivity index (χ4v) is 10.2. The van der Waals surface area contributed by atoms with Gasteiger partial charge < -0.3 is 110 Å². The van der Waals surface area contributed by atoms with E-state index in [1.807, 2.05) is 18.2 Å². The van der Waals surface area contributed by atoms with E-state index in [-0.39, 0.29) is 121 Å². The Morgan fingerprint density at radius 2 is 0.926 bits per heavy atom. The standard InChI is InChI=1S/C60H95N23O11/c1-3-33(2)47(55(92)79-40(20-11-27-72-58(64)65)50(87)80-43(56(93)94)22-13-29-74-60(68)69)83-52(89)41(21-12-28-73-59(66)67)76-51(88)42(23-24-46(61)84)78-49(86)39(19-10-26-71-57(62)63)77-54(91)45(31-35-32-75-37-17-8-7-16-36(35)37)82-53(90)44(30-34-14-5-4-6-15-34)81-48(85)38-18-9-25-70-38/h4-8,14-17,32-33,38-45,47,70,75H,3,9-13,18-31H2,1-2H3,(H2,61,84)(H,76,88)(H,77,91)(H,78,86)(H,79,92)(H,80,87)(H,81,85)(H,82,90)(H,83,89)(H,93,94)(H4,62,63,71)(H4,64,65,72)(H4,66,67,73)(H4,68,69,74)/t33-,38-,39-,40-,41-,42-,43-,44-,45-,47-/m0/s1. The Bertz CT molecular complexity index is 3140. The Hall–Kier alpha value is -10.3. The molecule has 3 aromatic rings. The van der Waals surface area contributed by atoms with Gasteiger partial charge in [0.25, 0.3) is 0 Å². The topological polar surface area (TPSA) is 599 Å².